The summed E-state index contributed by atoms with van der Waals surface area (Å²) in [6.45, 7) is 1.47. The Morgan fingerprint density at radius 2 is 1.65 bits per heavy atom. The molecule has 0 N–H and O–H groups in total. The molecule has 1 saturated heterocycles. The average Bonchev–Trinajstić information content (AvgIpc) is 3.40. The van der Waals surface area contributed by atoms with Gasteiger partial charge in [-0.05, 0) is 54.8 Å². The summed E-state index contributed by atoms with van der Waals surface area (Å²) >= 11 is 0. The van der Waals surface area contributed by atoms with E-state index in [-0.39, 0.29) is 12.0 Å². The molecule has 0 bridgehead atoms. The maximum Gasteiger partial charge on any atom is 0.369 e. The van der Waals surface area contributed by atoms with Crippen LogP contribution in [0.15, 0.2) is 76.3 Å². The van der Waals surface area contributed by atoms with E-state index in [1.54, 1.807) is 37.4 Å². The van der Waals surface area contributed by atoms with E-state index in [1.165, 1.54) is 10.6 Å². The molecule has 7 nitrogen and oxygen atoms in total. The van der Waals surface area contributed by atoms with E-state index in [2.05, 4.69) is 0 Å². The Labute approximate surface area is 195 Å². The standard InChI is InChI=1S/C26H24FN3O4/c1-33-20-11-9-19(10-12-20)29-23-16-24(28-13-5-6-14-28)22(27)15-21(23)25(31)30(26(29)32)34-17-18-7-3-2-4-8-18/h2-4,7-12,15-16H,5-6,13-14,17H2,1H3. The van der Waals surface area contributed by atoms with Crippen molar-refractivity contribution in [2.45, 2.75) is 19.4 Å². The quantitative estimate of drug-likeness (QED) is 0.440. The Morgan fingerprint density at radius 1 is 0.941 bits per heavy atom. The van der Waals surface area contributed by atoms with Crippen molar-refractivity contribution in [2.75, 3.05) is 25.1 Å². The second kappa shape index (κ2) is 9.05. The summed E-state index contributed by atoms with van der Waals surface area (Å²) in [5.41, 5.74) is 0.634. The van der Waals surface area contributed by atoms with Crippen LogP contribution in [-0.2, 0) is 6.61 Å². The summed E-state index contributed by atoms with van der Waals surface area (Å²) in [5, 5.41) is 0.0592. The monoisotopic (exact) mass is 461 g/mol. The summed E-state index contributed by atoms with van der Waals surface area (Å²) in [5.74, 6) is 0.125. The molecule has 1 aromatic heterocycles. The number of hydrogen-bond acceptors (Lipinski definition) is 5. The van der Waals surface area contributed by atoms with Gasteiger partial charge in [0, 0.05) is 13.1 Å². The number of anilines is 1. The number of benzene rings is 3. The van der Waals surface area contributed by atoms with Gasteiger partial charge in [0.1, 0.15) is 18.2 Å². The zero-order chi connectivity index (χ0) is 23.7. The fraction of sp³-hybridized carbons (Fsp3) is 0.231. The van der Waals surface area contributed by atoms with Gasteiger partial charge < -0.3 is 14.5 Å². The number of halogens is 1. The number of rotatable bonds is 6. The first-order valence-corrected chi connectivity index (χ1v) is 11.1. The number of aromatic nitrogens is 2. The molecule has 0 radical (unpaired) electrons. The van der Waals surface area contributed by atoms with Crippen LogP contribution in [0.1, 0.15) is 18.4 Å². The molecular formula is C26H24FN3O4. The molecule has 4 aromatic rings. The number of methoxy groups -OCH3 is 1. The highest BCUT2D eigenvalue weighted by Crippen LogP contribution is 2.28. The Balaban J connectivity index is 1.72. The van der Waals surface area contributed by atoms with Crippen LogP contribution in [0, 0.1) is 5.82 Å². The lowest BCUT2D eigenvalue weighted by atomic mass is 10.2. The first kappa shape index (κ1) is 21.8. The highest BCUT2D eigenvalue weighted by Gasteiger charge is 2.22. The molecular weight excluding hydrogens is 437 g/mol. The molecule has 0 unspecified atom stereocenters. The molecule has 174 valence electrons. The second-order valence-electron chi connectivity index (χ2n) is 8.19. The van der Waals surface area contributed by atoms with E-state index in [9.17, 15) is 9.59 Å². The predicted octanol–water partition coefficient (Wildman–Crippen LogP) is 3.53. The van der Waals surface area contributed by atoms with Crippen LogP contribution in [0.2, 0.25) is 0 Å². The van der Waals surface area contributed by atoms with Crippen LogP contribution in [0.5, 0.6) is 5.75 Å². The van der Waals surface area contributed by atoms with Gasteiger partial charge in [-0.15, -0.1) is 0 Å². The molecule has 0 atom stereocenters. The highest BCUT2D eigenvalue weighted by molar-refractivity contribution is 5.84. The third-order valence-electron chi connectivity index (χ3n) is 6.07. The van der Waals surface area contributed by atoms with E-state index < -0.39 is 17.1 Å². The van der Waals surface area contributed by atoms with Crippen molar-refractivity contribution < 1.29 is 14.0 Å². The molecule has 34 heavy (non-hydrogen) atoms. The van der Waals surface area contributed by atoms with Gasteiger partial charge in [0.2, 0.25) is 0 Å². The van der Waals surface area contributed by atoms with Gasteiger partial charge >= 0.3 is 5.69 Å². The van der Waals surface area contributed by atoms with Crippen molar-refractivity contribution in [1.82, 2.24) is 9.30 Å². The highest BCUT2D eigenvalue weighted by atomic mass is 19.1. The first-order valence-electron chi connectivity index (χ1n) is 11.1. The van der Waals surface area contributed by atoms with Crippen LogP contribution >= 0.6 is 0 Å². The molecule has 8 heteroatoms. The normalized spacial score (nSPS) is 13.4. The van der Waals surface area contributed by atoms with Gasteiger partial charge in [0.15, 0.2) is 0 Å². The van der Waals surface area contributed by atoms with Gasteiger partial charge in [0.05, 0.1) is 29.4 Å². The third kappa shape index (κ3) is 3.91. The number of fused-ring (bicyclic) bond motifs is 1. The summed E-state index contributed by atoms with van der Waals surface area (Å²) in [6, 6.07) is 18.9. The summed E-state index contributed by atoms with van der Waals surface area (Å²) in [6.07, 6.45) is 1.94. The lowest BCUT2D eigenvalue weighted by molar-refractivity contribution is 0.0789. The molecule has 1 aliphatic heterocycles. The number of nitrogens with zero attached hydrogens (tertiary/aromatic N) is 3. The largest absolute Gasteiger partial charge is 0.497 e. The first-order chi connectivity index (χ1) is 16.6. The molecule has 0 spiro atoms. The Bertz CT molecular complexity index is 1440. The Morgan fingerprint density at radius 3 is 2.32 bits per heavy atom. The van der Waals surface area contributed by atoms with Crippen molar-refractivity contribution >= 4 is 16.6 Å². The van der Waals surface area contributed by atoms with Crippen molar-refractivity contribution in [1.29, 1.82) is 0 Å². The molecule has 2 heterocycles. The molecule has 1 aliphatic rings. The summed E-state index contributed by atoms with van der Waals surface area (Å²) in [4.78, 5) is 34.4. The Kier molecular flexibility index (Phi) is 5.79. The predicted molar refractivity (Wildman–Crippen MR) is 128 cm³/mol. The molecule has 0 aliphatic carbocycles. The van der Waals surface area contributed by atoms with E-state index in [0.717, 1.165) is 31.5 Å². The van der Waals surface area contributed by atoms with E-state index in [1.807, 2.05) is 35.2 Å². The summed E-state index contributed by atoms with van der Waals surface area (Å²) in [7, 11) is 1.55. The number of hydrogen-bond donors (Lipinski definition) is 0. The number of ether oxygens (including phenoxy) is 1. The Hall–Kier alpha value is -4.07. The van der Waals surface area contributed by atoms with Crippen molar-refractivity contribution in [3.8, 4) is 11.4 Å². The van der Waals surface area contributed by atoms with Gasteiger partial charge in [-0.1, -0.05) is 35.1 Å². The van der Waals surface area contributed by atoms with Gasteiger partial charge in [0.25, 0.3) is 5.56 Å². The second-order valence-corrected chi connectivity index (χ2v) is 8.19. The van der Waals surface area contributed by atoms with Crippen molar-refractivity contribution in [2.24, 2.45) is 0 Å². The molecule has 0 amide bonds. The van der Waals surface area contributed by atoms with Crippen LogP contribution in [0.25, 0.3) is 16.6 Å². The van der Waals surface area contributed by atoms with Gasteiger partial charge in [-0.25, -0.2) is 9.18 Å². The minimum absolute atomic E-state index is 0.0124. The maximum atomic E-state index is 15.1. The van der Waals surface area contributed by atoms with Crippen molar-refractivity contribution in [3.63, 3.8) is 0 Å². The van der Waals surface area contributed by atoms with Crippen LogP contribution in [0.3, 0.4) is 0 Å². The van der Waals surface area contributed by atoms with Crippen LogP contribution in [0.4, 0.5) is 10.1 Å². The lowest BCUT2D eigenvalue weighted by Crippen LogP contribution is -2.43. The van der Waals surface area contributed by atoms with E-state index >= 15 is 4.39 Å². The molecule has 1 fully saturated rings. The fourth-order valence-corrected chi connectivity index (χ4v) is 4.31. The van der Waals surface area contributed by atoms with E-state index in [0.29, 0.717) is 27.4 Å². The fourth-order valence-electron chi connectivity index (χ4n) is 4.31. The van der Waals surface area contributed by atoms with Crippen molar-refractivity contribution in [3.05, 3.63) is 98.9 Å². The minimum atomic E-state index is -0.701. The zero-order valence-corrected chi connectivity index (χ0v) is 18.7. The lowest BCUT2D eigenvalue weighted by Gasteiger charge is -2.21. The van der Waals surface area contributed by atoms with Crippen LogP contribution < -0.4 is 25.7 Å². The topological polar surface area (TPSA) is 65.7 Å². The van der Waals surface area contributed by atoms with E-state index in [4.69, 9.17) is 9.57 Å². The minimum Gasteiger partial charge on any atom is -0.497 e. The zero-order valence-electron chi connectivity index (χ0n) is 18.7. The molecule has 0 saturated carbocycles. The maximum absolute atomic E-state index is 15.1. The molecule has 5 rings (SSSR count). The van der Waals surface area contributed by atoms with Gasteiger partial charge in [-0.2, -0.15) is 0 Å². The molecule has 3 aromatic carbocycles. The van der Waals surface area contributed by atoms with Gasteiger partial charge in [-0.3, -0.25) is 9.36 Å². The smallest absolute Gasteiger partial charge is 0.369 e. The average molecular weight is 461 g/mol. The van der Waals surface area contributed by atoms with Crippen LogP contribution in [-0.4, -0.2) is 29.5 Å². The summed E-state index contributed by atoms with van der Waals surface area (Å²) < 4.78 is 22.4. The third-order valence-corrected chi connectivity index (χ3v) is 6.07. The SMILES string of the molecule is COc1ccc(-n2c(=O)n(OCc3ccccc3)c(=O)c3cc(F)c(N4CCCC4)cc32)cc1.